The van der Waals surface area contributed by atoms with Gasteiger partial charge in [0.05, 0.1) is 13.2 Å². The molecule has 1 N–H and O–H groups in total. The standard InChI is InChI=1S/C14H15NO2/c1-17-14-5-4-11-6-10(7-13(16)9-15)2-3-12(11)8-14/h4-6,8,13,16H,2-3,7H2,1H3. The Morgan fingerprint density at radius 3 is 3.00 bits per heavy atom. The number of benzene rings is 1. The van der Waals surface area contributed by atoms with Gasteiger partial charge in [0.15, 0.2) is 0 Å². The minimum absolute atomic E-state index is 0.446. The first kappa shape index (κ1) is 11.7. The van der Waals surface area contributed by atoms with Gasteiger partial charge in [-0.05, 0) is 36.1 Å². The number of rotatable bonds is 3. The lowest BCUT2D eigenvalue weighted by Crippen LogP contribution is -2.07. The molecule has 3 nitrogen and oxygen atoms in total. The molecule has 2 rings (SSSR count). The summed E-state index contributed by atoms with van der Waals surface area (Å²) in [6.07, 6.45) is 3.47. The normalized spacial score (nSPS) is 15.5. The molecule has 1 atom stereocenters. The Bertz CT molecular complexity index is 485. The number of fused-ring (bicyclic) bond motifs is 1. The largest absolute Gasteiger partial charge is 0.497 e. The quantitative estimate of drug-likeness (QED) is 0.809. The van der Waals surface area contributed by atoms with E-state index in [1.165, 1.54) is 5.56 Å². The summed E-state index contributed by atoms with van der Waals surface area (Å²) in [4.78, 5) is 0. The van der Waals surface area contributed by atoms with Gasteiger partial charge >= 0.3 is 0 Å². The Morgan fingerprint density at radius 1 is 1.47 bits per heavy atom. The Labute approximate surface area is 101 Å². The van der Waals surface area contributed by atoms with E-state index >= 15 is 0 Å². The fraction of sp³-hybridized carbons (Fsp3) is 0.357. The summed E-state index contributed by atoms with van der Waals surface area (Å²) in [5.41, 5.74) is 3.56. The fourth-order valence-electron chi connectivity index (χ4n) is 2.11. The zero-order valence-corrected chi connectivity index (χ0v) is 9.81. The molecule has 17 heavy (non-hydrogen) atoms. The van der Waals surface area contributed by atoms with Crippen molar-refractivity contribution in [3.05, 3.63) is 34.9 Å². The highest BCUT2D eigenvalue weighted by atomic mass is 16.5. The SMILES string of the molecule is COc1ccc2c(c1)CCC(CC(O)C#N)=C2. The van der Waals surface area contributed by atoms with Gasteiger partial charge in [-0.25, -0.2) is 0 Å². The monoisotopic (exact) mass is 229 g/mol. The summed E-state index contributed by atoms with van der Waals surface area (Å²) < 4.78 is 5.19. The molecule has 0 bridgehead atoms. The van der Waals surface area contributed by atoms with Gasteiger partial charge in [0, 0.05) is 6.42 Å². The van der Waals surface area contributed by atoms with Crippen LogP contribution in [0.1, 0.15) is 24.0 Å². The van der Waals surface area contributed by atoms with Crippen LogP contribution in [0.15, 0.2) is 23.8 Å². The van der Waals surface area contributed by atoms with Crippen molar-refractivity contribution in [2.45, 2.75) is 25.4 Å². The van der Waals surface area contributed by atoms with E-state index in [9.17, 15) is 5.11 Å². The molecule has 0 saturated heterocycles. The molecule has 0 fully saturated rings. The van der Waals surface area contributed by atoms with Crippen molar-refractivity contribution in [3.8, 4) is 11.8 Å². The van der Waals surface area contributed by atoms with Gasteiger partial charge in [-0.1, -0.05) is 17.7 Å². The van der Waals surface area contributed by atoms with E-state index in [1.807, 2.05) is 24.3 Å². The molecule has 88 valence electrons. The summed E-state index contributed by atoms with van der Waals surface area (Å²) in [6, 6.07) is 7.84. The van der Waals surface area contributed by atoms with Crippen molar-refractivity contribution in [1.29, 1.82) is 5.26 Å². The molecule has 1 aromatic carbocycles. The molecule has 1 aliphatic rings. The Kier molecular flexibility index (Phi) is 3.46. The molecule has 0 aromatic heterocycles. The first-order valence-corrected chi connectivity index (χ1v) is 5.67. The summed E-state index contributed by atoms with van der Waals surface area (Å²) in [7, 11) is 1.66. The predicted molar refractivity (Wildman–Crippen MR) is 65.5 cm³/mol. The van der Waals surface area contributed by atoms with E-state index in [2.05, 4.69) is 6.08 Å². The van der Waals surface area contributed by atoms with Crippen LogP contribution in [-0.2, 0) is 6.42 Å². The van der Waals surface area contributed by atoms with Crippen LogP contribution < -0.4 is 4.74 Å². The zero-order valence-electron chi connectivity index (χ0n) is 9.81. The van der Waals surface area contributed by atoms with Gasteiger partial charge < -0.3 is 9.84 Å². The second-order valence-corrected chi connectivity index (χ2v) is 4.22. The average Bonchev–Trinajstić information content (AvgIpc) is 2.38. The molecular formula is C14H15NO2. The number of aliphatic hydroxyl groups is 1. The van der Waals surface area contributed by atoms with Gasteiger partial charge in [0.1, 0.15) is 11.9 Å². The molecular weight excluding hydrogens is 214 g/mol. The maximum absolute atomic E-state index is 9.32. The van der Waals surface area contributed by atoms with Gasteiger partial charge in [-0.15, -0.1) is 0 Å². The second-order valence-electron chi connectivity index (χ2n) is 4.22. The molecule has 0 spiro atoms. The van der Waals surface area contributed by atoms with Crippen molar-refractivity contribution < 1.29 is 9.84 Å². The summed E-state index contributed by atoms with van der Waals surface area (Å²) >= 11 is 0. The molecule has 0 amide bonds. The lowest BCUT2D eigenvalue weighted by Gasteiger charge is -2.17. The number of ether oxygens (including phenoxy) is 1. The van der Waals surface area contributed by atoms with Gasteiger partial charge in [-0.2, -0.15) is 5.26 Å². The van der Waals surface area contributed by atoms with E-state index < -0.39 is 6.10 Å². The molecule has 1 unspecified atom stereocenters. The predicted octanol–water partition coefficient (Wildman–Crippen LogP) is 2.30. The van der Waals surface area contributed by atoms with Crippen LogP contribution in [0.5, 0.6) is 5.75 Å². The average molecular weight is 229 g/mol. The highest BCUT2D eigenvalue weighted by molar-refractivity contribution is 5.61. The molecule has 0 aliphatic heterocycles. The third kappa shape index (κ3) is 2.66. The first-order valence-electron chi connectivity index (χ1n) is 5.67. The van der Waals surface area contributed by atoms with Crippen molar-refractivity contribution >= 4 is 6.08 Å². The number of aliphatic hydroxyl groups excluding tert-OH is 1. The van der Waals surface area contributed by atoms with E-state index in [-0.39, 0.29) is 0 Å². The number of aryl methyl sites for hydroxylation is 1. The highest BCUT2D eigenvalue weighted by Crippen LogP contribution is 2.29. The van der Waals surface area contributed by atoms with Crippen LogP contribution in [0.4, 0.5) is 0 Å². The zero-order chi connectivity index (χ0) is 12.3. The number of nitrogens with zero attached hydrogens (tertiary/aromatic N) is 1. The van der Waals surface area contributed by atoms with E-state index in [1.54, 1.807) is 7.11 Å². The number of methoxy groups -OCH3 is 1. The number of hydrogen-bond donors (Lipinski definition) is 1. The van der Waals surface area contributed by atoms with Crippen LogP contribution in [0.25, 0.3) is 6.08 Å². The molecule has 0 heterocycles. The molecule has 0 radical (unpaired) electrons. The summed E-state index contributed by atoms with van der Waals surface area (Å²) in [5, 5.41) is 17.9. The van der Waals surface area contributed by atoms with E-state index in [0.717, 1.165) is 29.7 Å². The maximum atomic E-state index is 9.32. The fourth-order valence-corrected chi connectivity index (χ4v) is 2.11. The van der Waals surface area contributed by atoms with Crippen molar-refractivity contribution in [1.82, 2.24) is 0 Å². The van der Waals surface area contributed by atoms with Crippen LogP contribution in [0.2, 0.25) is 0 Å². The van der Waals surface area contributed by atoms with Crippen LogP contribution >= 0.6 is 0 Å². The maximum Gasteiger partial charge on any atom is 0.144 e. The van der Waals surface area contributed by atoms with E-state index in [0.29, 0.717) is 6.42 Å². The van der Waals surface area contributed by atoms with Gasteiger partial charge in [0.2, 0.25) is 0 Å². The van der Waals surface area contributed by atoms with Gasteiger partial charge in [0.25, 0.3) is 0 Å². The summed E-state index contributed by atoms with van der Waals surface area (Å²) in [5.74, 6) is 0.873. The van der Waals surface area contributed by atoms with Crippen LogP contribution in [0, 0.1) is 11.3 Å². The van der Waals surface area contributed by atoms with Crippen molar-refractivity contribution in [3.63, 3.8) is 0 Å². The first-order chi connectivity index (χ1) is 8.22. The minimum Gasteiger partial charge on any atom is -0.497 e. The minimum atomic E-state index is -0.888. The summed E-state index contributed by atoms with van der Waals surface area (Å²) in [6.45, 7) is 0. The smallest absolute Gasteiger partial charge is 0.144 e. The molecule has 1 aliphatic carbocycles. The Hall–Kier alpha value is -1.79. The molecule has 0 saturated carbocycles. The topological polar surface area (TPSA) is 53.2 Å². The lowest BCUT2D eigenvalue weighted by atomic mass is 9.89. The Morgan fingerprint density at radius 2 is 2.29 bits per heavy atom. The van der Waals surface area contributed by atoms with E-state index in [4.69, 9.17) is 10.00 Å². The van der Waals surface area contributed by atoms with Crippen molar-refractivity contribution in [2.75, 3.05) is 7.11 Å². The molecule has 3 heteroatoms. The third-order valence-corrected chi connectivity index (χ3v) is 3.03. The third-order valence-electron chi connectivity index (χ3n) is 3.03. The number of nitriles is 1. The van der Waals surface area contributed by atoms with Crippen LogP contribution in [0.3, 0.4) is 0 Å². The Balaban J connectivity index is 2.21. The highest BCUT2D eigenvalue weighted by Gasteiger charge is 2.13. The number of hydrogen-bond acceptors (Lipinski definition) is 3. The van der Waals surface area contributed by atoms with Crippen LogP contribution in [-0.4, -0.2) is 18.3 Å². The second kappa shape index (κ2) is 5.03. The molecule has 1 aromatic rings. The van der Waals surface area contributed by atoms with Gasteiger partial charge in [-0.3, -0.25) is 0 Å². The van der Waals surface area contributed by atoms with Crippen molar-refractivity contribution in [2.24, 2.45) is 0 Å². The lowest BCUT2D eigenvalue weighted by molar-refractivity contribution is 0.229.